The van der Waals surface area contributed by atoms with Crippen LogP contribution in [-0.2, 0) is 42.7 Å². The highest BCUT2D eigenvalue weighted by Gasteiger charge is 2.62. The summed E-state index contributed by atoms with van der Waals surface area (Å²) < 4.78 is 49.0. The molecule has 62 heavy (non-hydrogen) atoms. The summed E-state index contributed by atoms with van der Waals surface area (Å²) in [5.41, 5.74) is 2.36. The van der Waals surface area contributed by atoms with Crippen molar-refractivity contribution in [3.8, 4) is 0 Å². The van der Waals surface area contributed by atoms with Gasteiger partial charge in [0.2, 0.25) is 5.79 Å². The van der Waals surface area contributed by atoms with Crippen LogP contribution in [0.25, 0.3) is 18.2 Å². The summed E-state index contributed by atoms with van der Waals surface area (Å²) in [6, 6.07) is 27.4. The van der Waals surface area contributed by atoms with Crippen LogP contribution in [0, 0.1) is 0 Å². The van der Waals surface area contributed by atoms with Crippen molar-refractivity contribution in [1.82, 2.24) is 0 Å². The van der Waals surface area contributed by atoms with Gasteiger partial charge in [-0.3, -0.25) is 0 Å². The number of carbonyl (C=O) groups is 1. The number of hydrogen-bond acceptors (Lipinski definition) is 17. The van der Waals surface area contributed by atoms with Gasteiger partial charge in [0.15, 0.2) is 18.7 Å². The molecule has 0 amide bonds. The third-order valence-electron chi connectivity index (χ3n) is 10.5. The second-order valence-electron chi connectivity index (χ2n) is 14.8. The van der Waals surface area contributed by atoms with Gasteiger partial charge in [-0.2, -0.15) is 0 Å². The summed E-state index contributed by atoms with van der Waals surface area (Å²) in [5.74, 6) is -3.39. The van der Waals surface area contributed by atoms with Crippen LogP contribution in [0.1, 0.15) is 16.7 Å². The Hall–Kier alpha value is -4.25. The first-order chi connectivity index (χ1) is 30.1. The second kappa shape index (κ2) is 22.9. The predicted octanol–water partition coefficient (Wildman–Crippen LogP) is 0.168. The smallest absolute Gasteiger partial charge is 0.331 e. The second-order valence-corrected chi connectivity index (χ2v) is 14.8. The first-order valence-corrected chi connectivity index (χ1v) is 20.2. The first kappa shape index (κ1) is 47.2. The number of aliphatic hydroxyl groups excluding tert-OH is 8. The van der Waals surface area contributed by atoms with E-state index in [0.29, 0.717) is 5.56 Å². The fourth-order valence-corrected chi connectivity index (χ4v) is 7.32. The molecule has 336 valence electrons. The van der Waals surface area contributed by atoms with E-state index in [1.54, 1.807) is 54.6 Å². The van der Waals surface area contributed by atoms with Gasteiger partial charge in [0, 0.05) is 6.08 Å². The van der Waals surface area contributed by atoms with E-state index in [9.17, 15) is 45.6 Å². The zero-order chi connectivity index (χ0) is 44.1. The first-order valence-electron chi connectivity index (χ1n) is 20.2. The van der Waals surface area contributed by atoms with E-state index in [1.807, 2.05) is 60.7 Å². The molecule has 3 aliphatic rings. The van der Waals surface area contributed by atoms with Gasteiger partial charge in [-0.1, -0.05) is 115 Å². The summed E-state index contributed by atoms with van der Waals surface area (Å²) in [6.45, 7) is -3.61. The Bertz CT molecular complexity index is 1880. The van der Waals surface area contributed by atoms with Crippen molar-refractivity contribution in [3.05, 3.63) is 126 Å². The number of aliphatic hydroxyl groups is 8. The Labute approximate surface area is 358 Å². The lowest BCUT2D eigenvalue weighted by Crippen LogP contribution is -2.67. The third-order valence-corrected chi connectivity index (χ3v) is 10.5. The molecule has 0 unspecified atom stereocenters. The number of ether oxygens (including phenoxy) is 8. The minimum absolute atomic E-state index is 0.0807. The fourth-order valence-electron chi connectivity index (χ4n) is 7.32. The molecule has 17 heteroatoms. The Kier molecular flexibility index (Phi) is 17.5. The molecule has 0 spiro atoms. The fraction of sp³-hybridized carbons (Fsp3) is 0.444. The average molecular weight is 867 g/mol. The van der Waals surface area contributed by atoms with Crippen molar-refractivity contribution in [3.63, 3.8) is 0 Å². The maximum Gasteiger partial charge on any atom is 0.331 e. The van der Waals surface area contributed by atoms with Crippen molar-refractivity contribution < 1.29 is 83.5 Å². The summed E-state index contributed by atoms with van der Waals surface area (Å²) in [6.07, 6.45) is -11.3. The zero-order valence-corrected chi connectivity index (χ0v) is 33.6. The molecule has 3 fully saturated rings. The van der Waals surface area contributed by atoms with Gasteiger partial charge in [0.25, 0.3) is 0 Å². The molecular formula is C45H54O17. The summed E-state index contributed by atoms with van der Waals surface area (Å²) in [5, 5.41) is 85.6. The Balaban J connectivity index is 1.35. The van der Waals surface area contributed by atoms with Crippen LogP contribution in [-0.4, -0.2) is 172 Å². The lowest BCUT2D eigenvalue weighted by atomic mass is 9.96. The average Bonchev–Trinajstić information content (AvgIpc) is 3.56. The molecule has 0 aromatic heterocycles. The molecule has 3 aromatic carbocycles. The van der Waals surface area contributed by atoms with E-state index >= 15 is 0 Å². The molecule has 3 aromatic rings. The number of rotatable bonds is 19. The van der Waals surface area contributed by atoms with E-state index in [1.165, 1.54) is 6.08 Å². The van der Waals surface area contributed by atoms with Crippen LogP contribution in [0.3, 0.4) is 0 Å². The molecule has 0 radical (unpaired) electrons. The zero-order valence-electron chi connectivity index (χ0n) is 33.6. The third kappa shape index (κ3) is 11.7. The topological polar surface area (TPSA) is 253 Å². The molecule has 8 N–H and O–H groups in total. The van der Waals surface area contributed by atoms with E-state index < -0.39 is 118 Å². The summed E-state index contributed by atoms with van der Waals surface area (Å²) in [4.78, 5) is 13.2. The maximum absolute atomic E-state index is 13.2. The minimum Gasteiger partial charge on any atom is -0.450 e. The predicted molar refractivity (Wildman–Crippen MR) is 219 cm³/mol. The van der Waals surface area contributed by atoms with Gasteiger partial charge < -0.3 is 78.7 Å². The SMILES string of the molecule is O=C(/C=C/c1ccccc1)O[C@H]1[C@@H](O)[C@H](CO)O[C@@]1(CO)O[C@H]1O[C@H](CO)[C@@H](OC/C=C/c2ccccc2)[C@H](O[C@@H]2O[C@H](CO)[C@@H](O)[C@H](O)[C@H]2O)[C@H]1OC/C=C/c1ccccc1. The standard InChI is InChI=1S/C45H54O17/c46-24-31-35(51)37(53)38(54)43(57-31)60-40-39(55-22-10-18-28-12-4-1-5-13-28)33(26-48)58-44(41(40)56-23-11-19-29-14-6-2-7-15-29)62-45(27-49)42(36(52)32(25-47)61-45)59-34(50)21-20-30-16-8-3-9-17-30/h1-21,31-33,35-44,46-49,51-54H,22-27H2/b18-10+,19-11+,21-20+/t31-,32+,33-,35-,36+,37+,38-,39-,40+,41-,42+,43+,44-,45+/m1/s1. The number of carbonyl (C=O) groups excluding carboxylic acids is 1. The minimum atomic E-state index is -2.44. The van der Waals surface area contributed by atoms with E-state index in [0.717, 1.165) is 17.2 Å². The number of hydrogen-bond donors (Lipinski definition) is 8. The van der Waals surface area contributed by atoms with Crippen molar-refractivity contribution in [2.75, 3.05) is 39.6 Å². The molecule has 3 saturated heterocycles. The quantitative estimate of drug-likeness (QED) is 0.0591. The lowest BCUT2D eigenvalue weighted by molar-refractivity contribution is -0.404. The van der Waals surface area contributed by atoms with Gasteiger partial charge in [0.05, 0.1) is 33.0 Å². The molecule has 14 atom stereocenters. The van der Waals surface area contributed by atoms with Crippen molar-refractivity contribution >= 4 is 24.2 Å². The number of esters is 1. The van der Waals surface area contributed by atoms with Crippen molar-refractivity contribution in [2.45, 2.75) is 85.5 Å². The van der Waals surface area contributed by atoms with Gasteiger partial charge >= 0.3 is 5.97 Å². The molecule has 0 saturated carbocycles. The summed E-state index contributed by atoms with van der Waals surface area (Å²) >= 11 is 0. The molecule has 6 rings (SSSR count). The summed E-state index contributed by atoms with van der Waals surface area (Å²) in [7, 11) is 0. The van der Waals surface area contributed by atoms with E-state index in [-0.39, 0.29) is 13.2 Å². The van der Waals surface area contributed by atoms with Crippen LogP contribution in [0.5, 0.6) is 0 Å². The molecule has 3 heterocycles. The molecule has 0 aliphatic carbocycles. The van der Waals surface area contributed by atoms with Crippen LogP contribution in [0.4, 0.5) is 0 Å². The van der Waals surface area contributed by atoms with Gasteiger partial charge in [-0.25, -0.2) is 4.79 Å². The normalized spacial score (nSPS) is 34.0. The highest BCUT2D eigenvalue weighted by molar-refractivity contribution is 5.87. The Morgan fingerprint density at radius 2 is 1.10 bits per heavy atom. The largest absolute Gasteiger partial charge is 0.450 e. The van der Waals surface area contributed by atoms with Crippen LogP contribution in [0.15, 0.2) is 109 Å². The monoisotopic (exact) mass is 866 g/mol. The van der Waals surface area contributed by atoms with Crippen LogP contribution < -0.4 is 0 Å². The maximum atomic E-state index is 13.2. The van der Waals surface area contributed by atoms with Crippen molar-refractivity contribution in [1.29, 1.82) is 0 Å². The Morgan fingerprint density at radius 1 is 0.581 bits per heavy atom. The molecular weight excluding hydrogens is 812 g/mol. The van der Waals surface area contributed by atoms with Gasteiger partial charge in [0.1, 0.15) is 67.6 Å². The van der Waals surface area contributed by atoms with Crippen molar-refractivity contribution in [2.24, 2.45) is 0 Å². The number of benzene rings is 3. The molecule has 3 aliphatic heterocycles. The van der Waals surface area contributed by atoms with Gasteiger partial charge in [-0.05, 0) is 22.8 Å². The highest BCUT2D eigenvalue weighted by atomic mass is 16.8. The Morgan fingerprint density at radius 3 is 1.63 bits per heavy atom. The molecule has 17 nitrogen and oxygen atoms in total. The van der Waals surface area contributed by atoms with E-state index in [2.05, 4.69) is 0 Å². The highest BCUT2D eigenvalue weighted by Crippen LogP contribution is 2.40. The van der Waals surface area contributed by atoms with Crippen LogP contribution >= 0.6 is 0 Å². The lowest BCUT2D eigenvalue weighted by Gasteiger charge is -2.49. The van der Waals surface area contributed by atoms with Crippen LogP contribution in [0.2, 0.25) is 0 Å². The van der Waals surface area contributed by atoms with E-state index in [4.69, 9.17) is 37.9 Å². The molecule has 0 bridgehead atoms. The van der Waals surface area contributed by atoms with Gasteiger partial charge in [-0.15, -0.1) is 0 Å².